The van der Waals surface area contributed by atoms with Crippen LogP contribution < -0.4 is 4.90 Å². The van der Waals surface area contributed by atoms with Crippen molar-refractivity contribution in [2.24, 2.45) is 0 Å². The molecule has 1 aliphatic rings. The number of benzene rings is 3. The number of aliphatic hydroxyl groups is 1. The van der Waals surface area contributed by atoms with Gasteiger partial charge in [0.2, 0.25) is 0 Å². The van der Waals surface area contributed by atoms with Crippen LogP contribution in [0, 0.1) is 16.3 Å². The smallest absolute Gasteiger partial charge is 0.301 e. The van der Waals surface area contributed by atoms with Crippen molar-refractivity contribution < 1.29 is 19.1 Å². The molecule has 0 radical (unpaired) electrons. The first-order valence-corrected chi connectivity index (χ1v) is 11.9. The molecule has 1 aliphatic heterocycles. The highest BCUT2D eigenvalue weighted by atomic mass is 127. The number of hydrogen-bond donors (Lipinski definition) is 1. The van der Waals surface area contributed by atoms with Gasteiger partial charge in [-0.05, 0) is 89.2 Å². The number of anilines is 1. The molecule has 2 heterocycles. The normalized spacial score (nSPS) is 17.8. The molecular formula is C25H16FIN2O3S. The van der Waals surface area contributed by atoms with Crippen LogP contribution in [0.25, 0.3) is 16.0 Å². The predicted octanol–water partition coefficient (Wildman–Crippen LogP) is 5.97. The topological polar surface area (TPSA) is 70.5 Å². The van der Waals surface area contributed by atoms with E-state index in [0.29, 0.717) is 10.7 Å². The Bertz CT molecular complexity index is 1450. The lowest BCUT2D eigenvalue weighted by atomic mass is 9.95. The second kappa shape index (κ2) is 8.35. The third kappa shape index (κ3) is 3.83. The van der Waals surface area contributed by atoms with E-state index in [1.165, 1.54) is 40.5 Å². The minimum absolute atomic E-state index is 0.0525. The van der Waals surface area contributed by atoms with Crippen molar-refractivity contribution >= 4 is 66.7 Å². The molecule has 0 saturated carbocycles. The zero-order valence-corrected chi connectivity index (χ0v) is 20.2. The fraction of sp³-hybridized carbons (Fsp3) is 0.0800. The van der Waals surface area contributed by atoms with E-state index in [0.717, 1.165) is 19.4 Å². The minimum Gasteiger partial charge on any atom is -0.507 e. The Labute approximate surface area is 206 Å². The summed E-state index contributed by atoms with van der Waals surface area (Å²) in [7, 11) is 0. The highest BCUT2D eigenvalue weighted by molar-refractivity contribution is 14.1. The Morgan fingerprint density at radius 3 is 2.45 bits per heavy atom. The van der Waals surface area contributed by atoms with Gasteiger partial charge in [0, 0.05) is 9.13 Å². The summed E-state index contributed by atoms with van der Waals surface area (Å²) in [6.45, 7) is 1.97. The molecule has 1 N–H and O–H groups in total. The molecule has 1 atom stereocenters. The predicted molar refractivity (Wildman–Crippen MR) is 135 cm³/mol. The molecule has 0 bridgehead atoms. The number of fused-ring (bicyclic) bond motifs is 1. The molecular weight excluding hydrogens is 554 g/mol. The van der Waals surface area contributed by atoms with E-state index in [9.17, 15) is 19.1 Å². The molecule has 33 heavy (non-hydrogen) atoms. The van der Waals surface area contributed by atoms with Crippen LogP contribution in [0.5, 0.6) is 0 Å². The van der Waals surface area contributed by atoms with Gasteiger partial charge < -0.3 is 5.11 Å². The Morgan fingerprint density at radius 2 is 1.76 bits per heavy atom. The molecule has 3 aromatic carbocycles. The van der Waals surface area contributed by atoms with Crippen LogP contribution in [0.3, 0.4) is 0 Å². The van der Waals surface area contributed by atoms with Gasteiger partial charge in [0.1, 0.15) is 11.6 Å². The lowest BCUT2D eigenvalue weighted by molar-refractivity contribution is -0.132. The number of aliphatic hydroxyl groups excluding tert-OH is 1. The number of ketones is 1. The molecule has 164 valence electrons. The van der Waals surface area contributed by atoms with E-state index in [2.05, 4.69) is 27.6 Å². The van der Waals surface area contributed by atoms with Gasteiger partial charge in [-0.25, -0.2) is 9.37 Å². The van der Waals surface area contributed by atoms with Crippen LogP contribution in [0.1, 0.15) is 22.7 Å². The number of Topliss-reactive ketones (excluding diaryl/α,β-unsaturated/α-hetero) is 1. The van der Waals surface area contributed by atoms with Crippen molar-refractivity contribution in [2.45, 2.75) is 13.0 Å². The van der Waals surface area contributed by atoms with Crippen LogP contribution in [-0.4, -0.2) is 21.8 Å². The molecule has 1 saturated heterocycles. The van der Waals surface area contributed by atoms with Gasteiger partial charge >= 0.3 is 5.91 Å². The number of amides is 1. The summed E-state index contributed by atoms with van der Waals surface area (Å²) in [5.74, 6) is -2.39. The number of carbonyl (C=O) groups is 2. The zero-order chi connectivity index (χ0) is 23.3. The summed E-state index contributed by atoms with van der Waals surface area (Å²) in [4.78, 5) is 32.4. The summed E-state index contributed by atoms with van der Waals surface area (Å²) >= 11 is 3.49. The standard InChI is InChI=1S/C25H16FIN2O3S/c1-13-2-11-18-19(12-13)33-25(28-18)29-21(14-5-9-17(27)10-6-14)20(23(31)24(29)32)22(30)15-3-7-16(26)8-4-15/h2-12,21,30H,1H3/b22-20+. The number of aromatic nitrogens is 1. The first-order chi connectivity index (χ1) is 15.8. The average molecular weight is 570 g/mol. The van der Waals surface area contributed by atoms with E-state index in [4.69, 9.17) is 0 Å². The largest absolute Gasteiger partial charge is 0.507 e. The van der Waals surface area contributed by atoms with Gasteiger partial charge in [-0.3, -0.25) is 14.5 Å². The monoisotopic (exact) mass is 570 g/mol. The SMILES string of the molecule is Cc1ccc2nc(N3C(=O)C(=O)/C(=C(/O)c4ccc(F)cc4)C3c3ccc(I)cc3)sc2c1. The van der Waals surface area contributed by atoms with Gasteiger partial charge in [-0.2, -0.15) is 0 Å². The van der Waals surface area contributed by atoms with Gasteiger partial charge in [-0.15, -0.1) is 0 Å². The summed E-state index contributed by atoms with van der Waals surface area (Å²) in [6, 6.07) is 17.5. The number of rotatable bonds is 3. The van der Waals surface area contributed by atoms with Crippen LogP contribution in [0.4, 0.5) is 9.52 Å². The van der Waals surface area contributed by atoms with Gasteiger partial charge in [0.15, 0.2) is 5.13 Å². The lowest BCUT2D eigenvalue weighted by Gasteiger charge is -2.23. The molecule has 4 aromatic rings. The minimum atomic E-state index is -0.867. The fourth-order valence-corrected chi connectivity index (χ4v) is 5.33. The van der Waals surface area contributed by atoms with E-state index in [-0.39, 0.29) is 16.9 Å². The first kappa shape index (κ1) is 21.7. The van der Waals surface area contributed by atoms with Crippen LogP contribution in [-0.2, 0) is 9.59 Å². The van der Waals surface area contributed by atoms with Crippen molar-refractivity contribution in [3.8, 4) is 0 Å². The van der Waals surface area contributed by atoms with Crippen molar-refractivity contribution in [3.63, 3.8) is 0 Å². The Balaban J connectivity index is 1.73. The molecule has 1 aromatic heterocycles. The molecule has 1 fully saturated rings. The maximum atomic E-state index is 13.4. The maximum absolute atomic E-state index is 13.4. The molecule has 0 spiro atoms. The number of carbonyl (C=O) groups excluding carboxylic acids is 2. The van der Waals surface area contributed by atoms with Crippen molar-refractivity contribution in [2.75, 3.05) is 4.90 Å². The molecule has 5 nitrogen and oxygen atoms in total. The van der Waals surface area contributed by atoms with E-state index >= 15 is 0 Å². The summed E-state index contributed by atoms with van der Waals surface area (Å²) in [5.41, 5.74) is 2.65. The highest BCUT2D eigenvalue weighted by Gasteiger charge is 2.48. The van der Waals surface area contributed by atoms with Gasteiger partial charge in [0.05, 0.1) is 21.8 Å². The molecule has 1 unspecified atom stereocenters. The van der Waals surface area contributed by atoms with E-state index in [1.54, 1.807) is 0 Å². The Morgan fingerprint density at radius 1 is 1.06 bits per heavy atom. The summed E-state index contributed by atoms with van der Waals surface area (Å²) < 4.78 is 15.3. The number of aryl methyl sites for hydroxylation is 1. The number of thiazole rings is 1. The second-order valence-electron chi connectivity index (χ2n) is 7.70. The molecule has 1 amide bonds. The lowest BCUT2D eigenvalue weighted by Crippen LogP contribution is -2.29. The molecule has 0 aliphatic carbocycles. The maximum Gasteiger partial charge on any atom is 0.301 e. The van der Waals surface area contributed by atoms with Gasteiger partial charge in [0.25, 0.3) is 5.78 Å². The van der Waals surface area contributed by atoms with E-state index in [1.807, 2.05) is 49.4 Å². The van der Waals surface area contributed by atoms with Crippen molar-refractivity contribution in [3.05, 3.63) is 98.4 Å². The quantitative estimate of drug-likeness (QED) is 0.143. The van der Waals surface area contributed by atoms with Crippen molar-refractivity contribution in [1.29, 1.82) is 0 Å². The zero-order valence-electron chi connectivity index (χ0n) is 17.3. The molecule has 8 heteroatoms. The average Bonchev–Trinajstić information content (AvgIpc) is 3.32. The van der Waals surface area contributed by atoms with E-state index < -0.39 is 23.5 Å². The van der Waals surface area contributed by atoms with Crippen LogP contribution in [0.15, 0.2) is 72.3 Å². The Kier molecular flexibility index (Phi) is 5.49. The Hall–Kier alpha value is -3.11. The summed E-state index contributed by atoms with van der Waals surface area (Å²) in [6.07, 6.45) is 0. The highest BCUT2D eigenvalue weighted by Crippen LogP contribution is 2.44. The third-order valence-corrected chi connectivity index (χ3v) is 7.22. The third-order valence-electron chi connectivity index (χ3n) is 5.49. The number of nitrogens with zero attached hydrogens (tertiary/aromatic N) is 2. The number of halogens is 2. The summed E-state index contributed by atoms with van der Waals surface area (Å²) in [5, 5.41) is 11.4. The molecule has 5 rings (SSSR count). The van der Waals surface area contributed by atoms with Crippen molar-refractivity contribution in [1.82, 2.24) is 4.98 Å². The fourth-order valence-electron chi connectivity index (χ4n) is 3.88. The van der Waals surface area contributed by atoms with Crippen LogP contribution >= 0.6 is 33.9 Å². The second-order valence-corrected chi connectivity index (χ2v) is 9.95. The van der Waals surface area contributed by atoms with Gasteiger partial charge in [-0.1, -0.05) is 29.5 Å². The number of hydrogen-bond acceptors (Lipinski definition) is 5. The first-order valence-electron chi connectivity index (χ1n) is 10.0. The van der Waals surface area contributed by atoms with Crippen LogP contribution in [0.2, 0.25) is 0 Å².